The molecule has 0 bridgehead atoms. The Kier molecular flexibility index (Phi) is 4.97. The summed E-state index contributed by atoms with van der Waals surface area (Å²) < 4.78 is 0. The van der Waals surface area contributed by atoms with E-state index in [1.165, 1.54) is 0 Å². The second kappa shape index (κ2) is 7.92. The lowest BCUT2D eigenvalue weighted by molar-refractivity contribution is -0.118. The van der Waals surface area contributed by atoms with Crippen LogP contribution in [0.15, 0.2) is 83.4 Å². The molecule has 0 saturated heterocycles. The van der Waals surface area contributed by atoms with E-state index in [2.05, 4.69) is 5.32 Å². The Morgan fingerprint density at radius 3 is 2.60 bits per heavy atom. The van der Waals surface area contributed by atoms with Crippen molar-refractivity contribution in [1.29, 1.82) is 0 Å². The van der Waals surface area contributed by atoms with Crippen molar-refractivity contribution in [2.75, 3.05) is 10.2 Å². The maximum absolute atomic E-state index is 13.7. The maximum atomic E-state index is 13.7. The fourth-order valence-corrected chi connectivity index (χ4v) is 5.10. The van der Waals surface area contributed by atoms with Gasteiger partial charge in [-0.1, -0.05) is 48.5 Å². The summed E-state index contributed by atoms with van der Waals surface area (Å²) >= 11 is 1.58. The quantitative estimate of drug-likeness (QED) is 0.616. The van der Waals surface area contributed by atoms with Crippen LogP contribution < -0.4 is 10.2 Å². The smallest absolute Gasteiger partial charge is 0.233 e. The molecule has 3 aromatic rings. The van der Waals surface area contributed by atoms with Crippen LogP contribution in [-0.4, -0.2) is 11.7 Å². The Morgan fingerprint density at radius 2 is 1.80 bits per heavy atom. The van der Waals surface area contributed by atoms with Crippen LogP contribution in [0.25, 0.3) is 0 Å². The van der Waals surface area contributed by atoms with Crippen molar-refractivity contribution in [1.82, 2.24) is 0 Å². The van der Waals surface area contributed by atoms with Gasteiger partial charge in [0.05, 0.1) is 23.8 Å². The zero-order chi connectivity index (χ0) is 20.5. The van der Waals surface area contributed by atoms with Crippen LogP contribution in [0.2, 0.25) is 0 Å². The van der Waals surface area contributed by atoms with E-state index in [0.29, 0.717) is 12.8 Å². The number of benzene rings is 2. The first-order valence-electron chi connectivity index (χ1n) is 10.2. The highest BCUT2D eigenvalue weighted by atomic mass is 32.1. The predicted octanol–water partition coefficient (Wildman–Crippen LogP) is 5.50. The second-order valence-corrected chi connectivity index (χ2v) is 8.68. The number of carbonyl (C=O) groups excluding carboxylic acids is 2. The first kappa shape index (κ1) is 18.8. The molecule has 1 amide bonds. The number of nitrogens with one attached hydrogen (secondary N) is 1. The molecule has 2 heterocycles. The number of amides is 1. The van der Waals surface area contributed by atoms with E-state index in [1.807, 2.05) is 77.0 Å². The van der Waals surface area contributed by atoms with Gasteiger partial charge in [-0.25, -0.2) is 0 Å². The van der Waals surface area contributed by atoms with Crippen LogP contribution in [0.5, 0.6) is 0 Å². The van der Waals surface area contributed by atoms with E-state index in [-0.39, 0.29) is 11.7 Å². The van der Waals surface area contributed by atoms with Crippen molar-refractivity contribution >= 4 is 34.4 Å². The number of carbonyl (C=O) groups is 2. The molecule has 1 aromatic heterocycles. The van der Waals surface area contributed by atoms with Gasteiger partial charge in [0.1, 0.15) is 0 Å². The van der Waals surface area contributed by atoms with E-state index >= 15 is 0 Å². The van der Waals surface area contributed by atoms with Gasteiger partial charge in [0.2, 0.25) is 5.91 Å². The Labute approximate surface area is 179 Å². The molecule has 2 aromatic carbocycles. The largest absolute Gasteiger partial charge is 0.357 e. The third-order valence-electron chi connectivity index (χ3n) is 5.73. The van der Waals surface area contributed by atoms with Gasteiger partial charge in [0.15, 0.2) is 5.78 Å². The molecule has 150 valence electrons. The van der Waals surface area contributed by atoms with Crippen LogP contribution in [0, 0.1) is 0 Å². The minimum Gasteiger partial charge on any atom is -0.357 e. The Balaban J connectivity index is 1.71. The maximum Gasteiger partial charge on any atom is 0.233 e. The topological polar surface area (TPSA) is 49.4 Å². The van der Waals surface area contributed by atoms with Gasteiger partial charge in [0.25, 0.3) is 0 Å². The number of thiophene rings is 1. The molecule has 0 fully saturated rings. The molecule has 0 unspecified atom stereocenters. The number of anilines is 2. The summed E-state index contributed by atoms with van der Waals surface area (Å²) in [5, 5.41) is 5.49. The molecule has 0 radical (unpaired) electrons. The minimum absolute atomic E-state index is 0.00678. The van der Waals surface area contributed by atoms with Gasteiger partial charge in [-0.2, -0.15) is 0 Å². The SMILES string of the molecule is O=C1CCCC2=C1[C@@H](c1ccccc1)N(C(=O)Cc1cccs1)c1ccccc1N2. The number of fused-ring (bicyclic) bond motifs is 1. The number of rotatable bonds is 3. The van der Waals surface area contributed by atoms with Gasteiger partial charge in [-0.3, -0.25) is 14.5 Å². The normalized spacial score (nSPS) is 18.3. The number of Topliss-reactive ketones (excluding diaryl/α,β-unsaturated/α-hetero) is 1. The van der Waals surface area contributed by atoms with E-state index in [1.54, 1.807) is 11.3 Å². The summed E-state index contributed by atoms with van der Waals surface area (Å²) in [7, 11) is 0. The van der Waals surface area contributed by atoms with E-state index in [9.17, 15) is 9.59 Å². The monoisotopic (exact) mass is 414 g/mol. The van der Waals surface area contributed by atoms with Crippen molar-refractivity contribution in [2.24, 2.45) is 0 Å². The average molecular weight is 415 g/mol. The zero-order valence-electron chi connectivity index (χ0n) is 16.5. The third kappa shape index (κ3) is 3.35. The van der Waals surface area contributed by atoms with Crippen molar-refractivity contribution in [3.8, 4) is 0 Å². The fraction of sp³-hybridized carbons (Fsp3) is 0.200. The number of allylic oxidation sites excluding steroid dienone is 1. The standard InChI is InChI=1S/C25H22N2O2S/c28-22-14-6-12-20-24(22)25(17-8-2-1-3-9-17)27(21-13-5-4-11-19(21)26-20)23(29)16-18-10-7-15-30-18/h1-5,7-11,13,15,25-26H,6,12,14,16H2/t25-/m1/s1. The van der Waals surface area contributed by atoms with Gasteiger partial charge in [-0.05, 0) is 42.0 Å². The molecule has 0 spiro atoms. The van der Waals surface area contributed by atoms with E-state index < -0.39 is 6.04 Å². The lowest BCUT2D eigenvalue weighted by atomic mass is 9.85. The third-order valence-corrected chi connectivity index (χ3v) is 6.60. The summed E-state index contributed by atoms with van der Waals surface area (Å²) in [6, 6.07) is 21.3. The van der Waals surface area contributed by atoms with E-state index in [0.717, 1.165) is 45.9 Å². The van der Waals surface area contributed by atoms with Crippen molar-refractivity contribution < 1.29 is 9.59 Å². The molecule has 0 saturated carbocycles. The molecule has 1 atom stereocenters. The van der Waals surface area contributed by atoms with Gasteiger partial charge < -0.3 is 5.32 Å². The molecule has 4 nitrogen and oxygen atoms in total. The van der Waals surface area contributed by atoms with E-state index in [4.69, 9.17) is 0 Å². The molecule has 2 aliphatic rings. The van der Waals surface area contributed by atoms with Gasteiger partial charge >= 0.3 is 0 Å². The molecule has 1 N–H and O–H groups in total. The second-order valence-electron chi connectivity index (χ2n) is 7.64. The number of ketones is 1. The lowest BCUT2D eigenvalue weighted by Gasteiger charge is -2.34. The number of nitrogens with zero attached hydrogens (tertiary/aromatic N) is 1. The van der Waals surface area contributed by atoms with Crippen molar-refractivity contribution in [2.45, 2.75) is 31.7 Å². The first-order valence-corrected chi connectivity index (χ1v) is 11.1. The molecule has 30 heavy (non-hydrogen) atoms. The zero-order valence-corrected chi connectivity index (χ0v) is 17.3. The first-order chi connectivity index (χ1) is 14.7. The van der Waals surface area contributed by atoms with Crippen LogP contribution in [0.3, 0.4) is 0 Å². The Morgan fingerprint density at radius 1 is 1.00 bits per heavy atom. The van der Waals surface area contributed by atoms with Crippen LogP contribution in [0.1, 0.15) is 35.7 Å². The average Bonchev–Trinajstić information content (AvgIpc) is 3.21. The number of hydrogen-bond donors (Lipinski definition) is 1. The van der Waals surface area contributed by atoms with Crippen LogP contribution in [-0.2, 0) is 16.0 Å². The summed E-state index contributed by atoms with van der Waals surface area (Å²) in [6.07, 6.45) is 2.47. The van der Waals surface area contributed by atoms with Crippen molar-refractivity contribution in [3.05, 3.63) is 93.8 Å². The summed E-state index contributed by atoms with van der Waals surface area (Å²) in [5.41, 5.74) is 4.31. The highest BCUT2D eigenvalue weighted by Crippen LogP contribution is 2.45. The summed E-state index contributed by atoms with van der Waals surface area (Å²) in [5.74, 6) is 0.118. The number of para-hydroxylation sites is 2. The summed E-state index contributed by atoms with van der Waals surface area (Å²) in [4.78, 5) is 29.7. The Bertz CT molecular complexity index is 1120. The van der Waals surface area contributed by atoms with Gasteiger partial charge in [-0.15, -0.1) is 11.3 Å². The molecular formula is C25H22N2O2S. The molecular weight excluding hydrogens is 392 g/mol. The molecule has 5 rings (SSSR count). The highest BCUT2D eigenvalue weighted by molar-refractivity contribution is 7.10. The Hall–Kier alpha value is -3.18. The minimum atomic E-state index is -0.433. The van der Waals surface area contributed by atoms with Gasteiger partial charge in [0, 0.05) is 22.6 Å². The lowest BCUT2D eigenvalue weighted by Crippen LogP contribution is -2.38. The molecule has 5 heteroatoms. The van der Waals surface area contributed by atoms with Crippen LogP contribution in [0.4, 0.5) is 11.4 Å². The molecule has 1 aliphatic heterocycles. The van der Waals surface area contributed by atoms with Crippen molar-refractivity contribution in [3.63, 3.8) is 0 Å². The fourth-order valence-electron chi connectivity index (χ4n) is 4.41. The van der Waals surface area contributed by atoms with Crippen LogP contribution >= 0.6 is 11.3 Å². The molecule has 1 aliphatic carbocycles. The summed E-state index contributed by atoms with van der Waals surface area (Å²) in [6.45, 7) is 0. The predicted molar refractivity (Wildman–Crippen MR) is 121 cm³/mol. The number of hydrogen-bond acceptors (Lipinski definition) is 4. The highest BCUT2D eigenvalue weighted by Gasteiger charge is 2.39.